The molecule has 0 unspecified atom stereocenters. The molecule has 3 rings (SSSR count). The summed E-state index contributed by atoms with van der Waals surface area (Å²) in [6, 6.07) is 18.6. The number of anilines is 1. The van der Waals surface area contributed by atoms with Crippen LogP contribution in [0.2, 0.25) is 0 Å². The number of rotatable bonds is 10. The lowest BCUT2D eigenvalue weighted by atomic mass is 10.0. The Morgan fingerprint density at radius 3 is 2.24 bits per heavy atom. The van der Waals surface area contributed by atoms with Crippen LogP contribution in [-0.2, 0) is 11.3 Å². The van der Waals surface area contributed by atoms with E-state index < -0.39 is 5.97 Å². The van der Waals surface area contributed by atoms with E-state index in [1.165, 1.54) is 7.11 Å². The predicted molar refractivity (Wildman–Crippen MR) is 146 cm³/mol. The van der Waals surface area contributed by atoms with Gasteiger partial charge in [-0.2, -0.15) is 0 Å². The molecule has 3 aromatic carbocycles. The predicted octanol–water partition coefficient (Wildman–Crippen LogP) is 6.10. The van der Waals surface area contributed by atoms with E-state index in [2.05, 4.69) is 25.7 Å². The van der Waals surface area contributed by atoms with Gasteiger partial charge in [0.1, 0.15) is 12.4 Å². The fourth-order valence-electron chi connectivity index (χ4n) is 3.34. The maximum Gasteiger partial charge on any atom is 0.339 e. The smallest absolute Gasteiger partial charge is 0.339 e. The largest absolute Gasteiger partial charge is 0.489 e. The molecule has 0 aliphatic rings. The van der Waals surface area contributed by atoms with Crippen molar-refractivity contribution in [2.24, 2.45) is 11.8 Å². The highest BCUT2D eigenvalue weighted by Gasteiger charge is 2.21. The van der Waals surface area contributed by atoms with Gasteiger partial charge in [0.05, 0.1) is 37.0 Å². The fourth-order valence-corrected chi connectivity index (χ4v) is 3.34. The Morgan fingerprint density at radius 2 is 1.57 bits per heavy atom. The second kappa shape index (κ2) is 13.3. The van der Waals surface area contributed by atoms with Crippen molar-refractivity contribution in [1.29, 1.82) is 0 Å². The summed E-state index contributed by atoms with van der Waals surface area (Å²) in [6.07, 6.45) is 0. The van der Waals surface area contributed by atoms with Gasteiger partial charge < -0.3 is 24.7 Å². The number of carbonyl (C=O) groups is 1. The van der Waals surface area contributed by atoms with Gasteiger partial charge in [0, 0.05) is 5.69 Å². The van der Waals surface area contributed by atoms with Gasteiger partial charge in [-0.15, -0.1) is 0 Å². The van der Waals surface area contributed by atoms with Gasteiger partial charge in [-0.3, -0.25) is 0 Å². The first kappa shape index (κ1) is 27.5. The van der Waals surface area contributed by atoms with Crippen LogP contribution < -0.4 is 19.9 Å². The molecule has 0 bridgehead atoms. The Balaban J connectivity index is 2.02. The fraction of sp³-hybridized carbons (Fsp3) is 0.323. The normalized spacial score (nSPS) is 10.6. The van der Waals surface area contributed by atoms with Gasteiger partial charge in [0.2, 0.25) is 0 Å². The molecule has 0 aliphatic heterocycles. The molecule has 0 saturated heterocycles. The number of esters is 1. The first-order valence-electron chi connectivity index (χ1n) is 12.4. The topological polar surface area (TPSA) is 80.0 Å². The van der Waals surface area contributed by atoms with Crippen molar-refractivity contribution in [3.63, 3.8) is 0 Å². The Bertz CT molecular complexity index is 1260. The van der Waals surface area contributed by atoms with E-state index in [0.29, 0.717) is 65.4 Å². The van der Waals surface area contributed by atoms with Crippen molar-refractivity contribution in [3.8, 4) is 29.1 Å². The summed E-state index contributed by atoms with van der Waals surface area (Å²) in [5.74, 6) is 7.87. The summed E-state index contributed by atoms with van der Waals surface area (Å²) in [5.41, 5.74) is 9.04. The van der Waals surface area contributed by atoms with E-state index in [0.717, 1.165) is 5.56 Å². The van der Waals surface area contributed by atoms with Crippen LogP contribution in [0.5, 0.6) is 17.2 Å². The van der Waals surface area contributed by atoms with Crippen molar-refractivity contribution >= 4 is 11.7 Å². The summed E-state index contributed by atoms with van der Waals surface area (Å²) < 4.78 is 23.1. The van der Waals surface area contributed by atoms with Crippen LogP contribution in [0.1, 0.15) is 54.7 Å². The second-order valence-corrected chi connectivity index (χ2v) is 9.49. The van der Waals surface area contributed by atoms with Gasteiger partial charge >= 0.3 is 5.97 Å². The Morgan fingerprint density at radius 1 is 0.865 bits per heavy atom. The molecule has 2 N–H and O–H groups in total. The molecule has 37 heavy (non-hydrogen) atoms. The lowest BCUT2D eigenvalue weighted by Crippen LogP contribution is -2.12. The van der Waals surface area contributed by atoms with Crippen LogP contribution in [-0.4, -0.2) is 26.3 Å². The lowest BCUT2D eigenvalue weighted by Gasteiger charge is -2.18. The molecule has 0 radical (unpaired) electrons. The summed E-state index contributed by atoms with van der Waals surface area (Å²) in [6.45, 7) is 9.57. The highest BCUT2D eigenvalue weighted by atomic mass is 16.5. The third kappa shape index (κ3) is 7.94. The molecule has 194 valence electrons. The minimum Gasteiger partial charge on any atom is -0.489 e. The zero-order chi connectivity index (χ0) is 26.8. The Hall–Kier alpha value is -4.11. The molecular weight excluding hydrogens is 466 g/mol. The van der Waals surface area contributed by atoms with E-state index in [1.54, 1.807) is 30.3 Å². The number of nitrogens with two attached hydrogens (primary N) is 1. The molecule has 0 fully saturated rings. The zero-order valence-corrected chi connectivity index (χ0v) is 22.2. The molecule has 0 atom stereocenters. The molecule has 0 aromatic heterocycles. The third-order valence-electron chi connectivity index (χ3n) is 5.26. The first-order chi connectivity index (χ1) is 17.8. The molecule has 0 saturated carbocycles. The van der Waals surface area contributed by atoms with Crippen molar-refractivity contribution in [1.82, 2.24) is 0 Å². The highest BCUT2D eigenvalue weighted by Crippen LogP contribution is 2.35. The number of ether oxygens (including phenoxy) is 4. The van der Waals surface area contributed by atoms with Crippen molar-refractivity contribution in [3.05, 3.63) is 82.9 Å². The van der Waals surface area contributed by atoms with Gasteiger partial charge in [0.25, 0.3) is 0 Å². The number of methoxy groups -OCH3 is 1. The van der Waals surface area contributed by atoms with Crippen molar-refractivity contribution in [2.75, 3.05) is 26.1 Å². The number of benzene rings is 3. The van der Waals surface area contributed by atoms with Gasteiger partial charge in [0.15, 0.2) is 11.5 Å². The number of carbonyl (C=O) groups excluding carboxylic acids is 1. The molecule has 0 heterocycles. The quantitative estimate of drug-likeness (QED) is 0.205. The second-order valence-electron chi connectivity index (χ2n) is 9.49. The average molecular weight is 502 g/mol. The monoisotopic (exact) mass is 501 g/mol. The zero-order valence-electron chi connectivity index (χ0n) is 22.2. The van der Waals surface area contributed by atoms with E-state index >= 15 is 0 Å². The maximum absolute atomic E-state index is 12.6. The molecule has 0 aliphatic carbocycles. The summed E-state index contributed by atoms with van der Waals surface area (Å²) in [7, 11) is 1.34. The Kier molecular flexibility index (Phi) is 9.85. The standard InChI is InChI=1S/C31H35NO5/c1-21(2)18-36-29-16-14-27(31(33)34-5)26(30(29)37-19-22(3)4)13-11-24-17-25(12-15-28(24)32)35-20-23-9-7-6-8-10-23/h6-10,12,14-17,21-22H,18-20,32H2,1-5H3. The third-order valence-corrected chi connectivity index (χ3v) is 5.26. The molecule has 0 spiro atoms. The SMILES string of the molecule is COC(=O)c1ccc(OCC(C)C)c(OCC(C)C)c1C#Cc1cc(OCc2ccccc2)ccc1N. The number of hydrogen-bond acceptors (Lipinski definition) is 6. The molecule has 6 heteroatoms. The highest BCUT2D eigenvalue weighted by molar-refractivity contribution is 5.94. The molecular formula is C31H35NO5. The van der Waals surface area contributed by atoms with Crippen LogP contribution in [0.25, 0.3) is 0 Å². The summed E-state index contributed by atoms with van der Waals surface area (Å²) >= 11 is 0. The average Bonchev–Trinajstić information content (AvgIpc) is 2.89. The van der Waals surface area contributed by atoms with Crippen LogP contribution in [0.4, 0.5) is 5.69 Å². The maximum atomic E-state index is 12.6. The van der Waals surface area contributed by atoms with Gasteiger partial charge in [-0.05, 0) is 47.7 Å². The first-order valence-corrected chi connectivity index (χ1v) is 12.4. The van der Waals surface area contributed by atoms with Crippen LogP contribution in [0.3, 0.4) is 0 Å². The minimum atomic E-state index is -0.512. The summed E-state index contributed by atoms with van der Waals surface area (Å²) in [4.78, 5) is 12.6. The molecule has 6 nitrogen and oxygen atoms in total. The molecule has 0 amide bonds. The van der Waals surface area contributed by atoms with Crippen molar-refractivity contribution < 1.29 is 23.7 Å². The van der Waals surface area contributed by atoms with Crippen LogP contribution >= 0.6 is 0 Å². The minimum absolute atomic E-state index is 0.259. The molecule has 3 aromatic rings. The number of nitrogen functional groups attached to an aromatic ring is 1. The van der Waals surface area contributed by atoms with Gasteiger partial charge in [-0.1, -0.05) is 69.9 Å². The van der Waals surface area contributed by atoms with Crippen LogP contribution in [0.15, 0.2) is 60.7 Å². The van der Waals surface area contributed by atoms with E-state index in [9.17, 15) is 4.79 Å². The van der Waals surface area contributed by atoms with Crippen LogP contribution in [0, 0.1) is 23.7 Å². The Labute approximate surface area is 219 Å². The van der Waals surface area contributed by atoms with E-state index in [-0.39, 0.29) is 5.92 Å². The summed E-state index contributed by atoms with van der Waals surface area (Å²) in [5, 5.41) is 0. The van der Waals surface area contributed by atoms with Gasteiger partial charge in [-0.25, -0.2) is 4.79 Å². The van der Waals surface area contributed by atoms with Crippen molar-refractivity contribution in [2.45, 2.75) is 34.3 Å². The lowest BCUT2D eigenvalue weighted by molar-refractivity contribution is 0.0599. The van der Waals surface area contributed by atoms with E-state index in [1.807, 2.05) is 44.2 Å². The number of hydrogen-bond donors (Lipinski definition) is 1. The van der Waals surface area contributed by atoms with E-state index in [4.69, 9.17) is 24.7 Å².